The van der Waals surface area contributed by atoms with Crippen molar-refractivity contribution >= 4 is 17.9 Å². The second-order valence-corrected chi connectivity index (χ2v) is 7.36. The summed E-state index contributed by atoms with van der Waals surface area (Å²) in [6.07, 6.45) is 0. The van der Waals surface area contributed by atoms with E-state index < -0.39 is 8.32 Å². The first-order valence-corrected chi connectivity index (χ1v) is 8.26. The fourth-order valence-corrected chi connectivity index (χ4v) is 0.381. The third-order valence-electron chi connectivity index (χ3n) is 0.628. The minimum Gasteiger partial charge on any atom is -0.463 e. The van der Waals surface area contributed by atoms with Crippen LogP contribution in [-0.4, -0.2) is 22.7 Å². The van der Waals surface area contributed by atoms with Gasteiger partial charge in [0, 0.05) is 8.32 Å². The van der Waals surface area contributed by atoms with Crippen LogP contribution in [0.25, 0.3) is 0 Å². The maximum atomic E-state index is 9.02. The van der Waals surface area contributed by atoms with E-state index in [1.54, 1.807) is 13.1 Å². The van der Waals surface area contributed by atoms with Crippen LogP contribution in [0.4, 0.5) is 0 Å². The second kappa shape index (κ2) is 11.3. The fraction of sp³-hybridized carbons (Fsp3) is 0.200. The van der Waals surface area contributed by atoms with Gasteiger partial charge in [-0.1, -0.05) is 13.1 Å². The van der Waals surface area contributed by atoms with Crippen molar-refractivity contribution in [1.82, 2.24) is 0 Å². The van der Waals surface area contributed by atoms with E-state index in [4.69, 9.17) is 14.4 Å². The SMILES string of the molecule is O=[C]=[Fe]=[C]=O.[CH2-][Si](C)(C)O.c1cc[cH-]c1. The van der Waals surface area contributed by atoms with Gasteiger partial charge in [-0.3, -0.25) is 0 Å². The number of rotatable bonds is 0. The van der Waals surface area contributed by atoms with Crippen LogP contribution in [-0.2, 0) is 23.7 Å². The van der Waals surface area contributed by atoms with Crippen molar-refractivity contribution in [2.45, 2.75) is 13.1 Å². The Labute approximate surface area is 96.5 Å². The van der Waals surface area contributed by atoms with Crippen molar-refractivity contribution in [3.63, 3.8) is 0 Å². The summed E-state index contributed by atoms with van der Waals surface area (Å²) in [4.78, 5) is 29.3. The maximum absolute atomic E-state index is 9.02. The van der Waals surface area contributed by atoms with Gasteiger partial charge >= 0.3 is 33.2 Å². The van der Waals surface area contributed by atoms with Crippen molar-refractivity contribution in [3.05, 3.63) is 36.9 Å². The Morgan fingerprint density at radius 3 is 1.67 bits per heavy atom. The van der Waals surface area contributed by atoms with Crippen molar-refractivity contribution in [2.75, 3.05) is 0 Å². The second-order valence-electron chi connectivity index (χ2n) is 3.01. The van der Waals surface area contributed by atoms with Gasteiger partial charge in [0.25, 0.3) is 0 Å². The molecule has 0 amide bonds. The Kier molecular flexibility index (Phi) is 12.5. The molecule has 1 N–H and O–H groups in total. The van der Waals surface area contributed by atoms with E-state index in [0.717, 1.165) is 0 Å². The summed E-state index contributed by atoms with van der Waals surface area (Å²) < 4.78 is 0. The minimum absolute atomic E-state index is 0.222. The van der Waals surface area contributed by atoms with E-state index in [-0.39, 0.29) is 14.1 Å². The molecule has 0 aliphatic carbocycles. The van der Waals surface area contributed by atoms with Crippen molar-refractivity contribution in [1.29, 1.82) is 0 Å². The molecule has 15 heavy (non-hydrogen) atoms. The molecule has 1 rings (SSSR count). The van der Waals surface area contributed by atoms with E-state index in [9.17, 15) is 0 Å². The smallest absolute Gasteiger partial charge is 0.0307 e. The predicted octanol–water partition coefficient (Wildman–Crippen LogP) is 1.17. The van der Waals surface area contributed by atoms with E-state index >= 15 is 0 Å². The molecule has 0 aliphatic heterocycles. The molecule has 3 nitrogen and oxygen atoms in total. The largest absolute Gasteiger partial charge is 0.463 e. The molecule has 0 spiro atoms. The van der Waals surface area contributed by atoms with Crippen LogP contribution in [0.2, 0.25) is 13.1 Å². The van der Waals surface area contributed by atoms with Crippen LogP contribution < -0.4 is 0 Å². The maximum Gasteiger partial charge on any atom is 0.0307 e. The van der Waals surface area contributed by atoms with Crippen LogP contribution in [0, 0.1) is 6.55 Å². The van der Waals surface area contributed by atoms with Crippen molar-refractivity contribution in [3.8, 4) is 0 Å². The molecule has 1 aromatic carbocycles. The summed E-state index contributed by atoms with van der Waals surface area (Å²) in [6, 6.07) is 10.0. The number of hydrogen-bond donors (Lipinski definition) is 1. The fourth-order valence-electron chi connectivity index (χ4n) is 0.335. The first-order chi connectivity index (χ1) is 6.91. The molecule has 0 saturated heterocycles. The Morgan fingerprint density at radius 2 is 1.60 bits per heavy atom. The molecule has 1 aromatic rings. The Morgan fingerprint density at radius 1 is 1.27 bits per heavy atom. The van der Waals surface area contributed by atoms with E-state index in [0.29, 0.717) is 0 Å². The topological polar surface area (TPSA) is 54.4 Å². The van der Waals surface area contributed by atoms with E-state index in [1.165, 1.54) is 9.57 Å². The molecule has 0 fully saturated rings. The van der Waals surface area contributed by atoms with Crippen LogP contribution in [0.1, 0.15) is 0 Å². The first-order valence-electron chi connectivity index (χ1n) is 4.01. The molecular weight excluding hydrogens is 252 g/mol. The normalized spacial score (nSPS) is 8.27. The molecular formula is C10H14FeO3Si-2. The molecule has 0 heterocycles. The predicted molar refractivity (Wildman–Crippen MR) is 58.5 cm³/mol. The standard InChI is InChI=1S/C5H5.C3H9OSi.2CO.Fe/c1-2-4-5-3-1;1-5(2,3)4;2*1-2;/h1-5H;4H,1H2,2-3H3;;;/q2*-1;;;. The molecule has 0 aromatic heterocycles. The number of carbonyl (C=O) groups excluding carboxylic acids is 2. The zero-order chi connectivity index (χ0) is 12.2. The average Bonchev–Trinajstić information content (AvgIpc) is 2.58. The summed E-state index contributed by atoms with van der Waals surface area (Å²) >= 11 is -0.222. The van der Waals surface area contributed by atoms with Crippen LogP contribution in [0.3, 0.4) is 0 Å². The first kappa shape index (κ1) is 16.6. The quantitative estimate of drug-likeness (QED) is 0.566. The van der Waals surface area contributed by atoms with Gasteiger partial charge in [-0.15, -0.1) is 0 Å². The summed E-state index contributed by atoms with van der Waals surface area (Å²) in [7, 11) is -1.86. The van der Waals surface area contributed by atoms with Gasteiger partial charge in [-0.2, -0.15) is 18.2 Å². The van der Waals surface area contributed by atoms with Crippen LogP contribution in [0.5, 0.6) is 0 Å². The zero-order valence-corrected chi connectivity index (χ0v) is 10.8. The summed E-state index contributed by atoms with van der Waals surface area (Å²) in [5.41, 5.74) is 0. The molecule has 0 saturated carbocycles. The van der Waals surface area contributed by atoms with Gasteiger partial charge in [0.2, 0.25) is 0 Å². The molecule has 5 heteroatoms. The summed E-state index contributed by atoms with van der Waals surface area (Å²) in [5, 5.41) is 0. The van der Waals surface area contributed by atoms with Crippen LogP contribution in [0.15, 0.2) is 30.3 Å². The van der Waals surface area contributed by atoms with Gasteiger partial charge in [0.1, 0.15) is 0 Å². The van der Waals surface area contributed by atoms with Gasteiger partial charge in [-0.25, -0.2) is 12.1 Å². The van der Waals surface area contributed by atoms with Gasteiger partial charge < -0.3 is 11.3 Å². The molecule has 0 radical (unpaired) electrons. The average molecular weight is 266 g/mol. The molecule has 0 aliphatic rings. The van der Waals surface area contributed by atoms with Crippen molar-refractivity contribution < 1.29 is 28.5 Å². The zero-order valence-electron chi connectivity index (χ0n) is 8.71. The molecule has 86 valence electrons. The van der Waals surface area contributed by atoms with Gasteiger partial charge in [0.15, 0.2) is 0 Å². The number of hydrogen-bond acceptors (Lipinski definition) is 3. The Hall–Kier alpha value is -0.794. The third-order valence-corrected chi connectivity index (χ3v) is 0.853. The Bertz CT molecular complexity index is 289. The Balaban J connectivity index is 0. The minimum atomic E-state index is -1.86. The summed E-state index contributed by atoms with van der Waals surface area (Å²) in [6.45, 7) is 7.01. The van der Waals surface area contributed by atoms with Gasteiger partial charge in [0.05, 0.1) is 0 Å². The van der Waals surface area contributed by atoms with Gasteiger partial charge in [-0.05, 0) is 0 Å². The monoisotopic (exact) mass is 266 g/mol. The van der Waals surface area contributed by atoms with Crippen molar-refractivity contribution in [2.24, 2.45) is 0 Å². The molecule has 0 atom stereocenters. The molecule has 0 bridgehead atoms. The molecule has 0 unspecified atom stereocenters. The summed E-state index contributed by atoms with van der Waals surface area (Å²) in [5.74, 6) is 0. The third kappa shape index (κ3) is 43.1. The van der Waals surface area contributed by atoms with E-state index in [1.807, 2.05) is 30.3 Å². The van der Waals surface area contributed by atoms with E-state index in [2.05, 4.69) is 6.55 Å². The van der Waals surface area contributed by atoms with Crippen LogP contribution >= 0.6 is 0 Å².